The number of morpholine rings is 1. The van der Waals surface area contributed by atoms with Crippen molar-refractivity contribution >= 4 is 5.91 Å². The largest absolute Gasteiger partial charge is 0.493 e. The molecule has 1 amide bonds. The van der Waals surface area contributed by atoms with Gasteiger partial charge in [-0.25, -0.2) is 0 Å². The highest BCUT2D eigenvalue weighted by Crippen LogP contribution is 2.17. The Balaban J connectivity index is 1.99. The zero-order valence-electron chi connectivity index (χ0n) is 13.3. The third-order valence-electron chi connectivity index (χ3n) is 3.39. The van der Waals surface area contributed by atoms with Crippen LogP contribution in [0.1, 0.15) is 38.1 Å². The Morgan fingerprint density at radius 2 is 1.81 bits per heavy atom. The van der Waals surface area contributed by atoms with Gasteiger partial charge in [0.05, 0.1) is 18.8 Å². The van der Waals surface area contributed by atoms with Crippen LogP contribution in [-0.4, -0.2) is 42.7 Å². The van der Waals surface area contributed by atoms with Crippen molar-refractivity contribution in [3.63, 3.8) is 0 Å². The highest BCUT2D eigenvalue weighted by molar-refractivity contribution is 5.94. The van der Waals surface area contributed by atoms with Gasteiger partial charge >= 0.3 is 0 Å². The average Bonchev–Trinajstić information content (AvgIpc) is 2.44. The van der Waals surface area contributed by atoms with E-state index in [0.717, 1.165) is 5.75 Å². The highest BCUT2D eigenvalue weighted by atomic mass is 16.5. The van der Waals surface area contributed by atoms with Crippen molar-refractivity contribution in [2.24, 2.45) is 5.92 Å². The third-order valence-corrected chi connectivity index (χ3v) is 3.39. The zero-order valence-corrected chi connectivity index (χ0v) is 13.3. The lowest BCUT2D eigenvalue weighted by molar-refractivity contribution is -0.0586. The zero-order chi connectivity index (χ0) is 15.4. The molecule has 0 bridgehead atoms. The van der Waals surface area contributed by atoms with Crippen LogP contribution in [0, 0.1) is 5.92 Å². The molecule has 1 aliphatic rings. The summed E-state index contributed by atoms with van der Waals surface area (Å²) in [6.45, 7) is 10.2. The molecular formula is C17H25NO3. The van der Waals surface area contributed by atoms with Crippen molar-refractivity contribution in [3.05, 3.63) is 29.8 Å². The topological polar surface area (TPSA) is 38.8 Å². The van der Waals surface area contributed by atoms with Crippen LogP contribution in [0.5, 0.6) is 5.75 Å². The van der Waals surface area contributed by atoms with Crippen LogP contribution >= 0.6 is 0 Å². The number of carbonyl (C=O) groups excluding carboxylic acids is 1. The van der Waals surface area contributed by atoms with E-state index < -0.39 is 0 Å². The van der Waals surface area contributed by atoms with Crippen LogP contribution < -0.4 is 4.74 Å². The smallest absolute Gasteiger partial charge is 0.254 e. The lowest BCUT2D eigenvalue weighted by Gasteiger charge is -2.35. The number of ether oxygens (including phenoxy) is 2. The summed E-state index contributed by atoms with van der Waals surface area (Å²) in [4.78, 5) is 14.4. The first-order valence-corrected chi connectivity index (χ1v) is 7.63. The van der Waals surface area contributed by atoms with E-state index in [4.69, 9.17) is 9.47 Å². The molecule has 116 valence electrons. The number of hydrogen-bond acceptors (Lipinski definition) is 3. The fraction of sp³-hybridized carbons (Fsp3) is 0.588. The van der Waals surface area contributed by atoms with Gasteiger partial charge in [-0.05, 0) is 44.0 Å². The number of hydrogen-bond donors (Lipinski definition) is 0. The van der Waals surface area contributed by atoms with E-state index in [9.17, 15) is 4.79 Å². The molecule has 0 spiro atoms. The minimum absolute atomic E-state index is 0.0624. The van der Waals surface area contributed by atoms with Crippen molar-refractivity contribution in [3.8, 4) is 5.75 Å². The Hall–Kier alpha value is -1.55. The van der Waals surface area contributed by atoms with Crippen LogP contribution in [0.4, 0.5) is 0 Å². The summed E-state index contributed by atoms with van der Waals surface area (Å²) in [5.74, 6) is 1.36. The first-order chi connectivity index (χ1) is 9.95. The summed E-state index contributed by atoms with van der Waals surface area (Å²) in [6.07, 6.45) is 0.178. The predicted octanol–water partition coefficient (Wildman–Crippen LogP) is 2.97. The summed E-state index contributed by atoms with van der Waals surface area (Å²) in [5.41, 5.74) is 0.702. The maximum atomic E-state index is 12.5. The molecule has 4 nitrogen and oxygen atoms in total. The molecule has 0 N–H and O–H groups in total. The minimum Gasteiger partial charge on any atom is -0.493 e. The van der Waals surface area contributed by atoms with Crippen molar-refractivity contribution in [2.75, 3.05) is 19.7 Å². The maximum Gasteiger partial charge on any atom is 0.254 e. The van der Waals surface area contributed by atoms with Gasteiger partial charge in [-0.1, -0.05) is 13.8 Å². The summed E-state index contributed by atoms with van der Waals surface area (Å²) >= 11 is 0. The van der Waals surface area contributed by atoms with E-state index >= 15 is 0 Å². The van der Waals surface area contributed by atoms with Crippen LogP contribution in [-0.2, 0) is 4.74 Å². The van der Waals surface area contributed by atoms with Crippen LogP contribution in [0.25, 0.3) is 0 Å². The quantitative estimate of drug-likeness (QED) is 0.856. The molecule has 2 rings (SSSR count). The van der Waals surface area contributed by atoms with Crippen LogP contribution in [0.2, 0.25) is 0 Å². The first-order valence-electron chi connectivity index (χ1n) is 7.63. The number of amides is 1. The molecule has 1 saturated heterocycles. The van der Waals surface area contributed by atoms with E-state index in [1.54, 1.807) is 0 Å². The molecule has 4 heteroatoms. The Bertz CT molecular complexity index is 459. The first kappa shape index (κ1) is 15.8. The van der Waals surface area contributed by atoms with E-state index in [-0.39, 0.29) is 18.1 Å². The number of nitrogens with zero attached hydrogens (tertiary/aromatic N) is 1. The van der Waals surface area contributed by atoms with Gasteiger partial charge in [0.25, 0.3) is 5.91 Å². The molecule has 1 heterocycles. The second-order valence-corrected chi connectivity index (χ2v) is 6.20. The summed E-state index contributed by atoms with van der Waals surface area (Å²) in [7, 11) is 0. The van der Waals surface area contributed by atoms with Gasteiger partial charge in [-0.3, -0.25) is 4.79 Å². The molecule has 21 heavy (non-hydrogen) atoms. The molecule has 2 atom stereocenters. The summed E-state index contributed by atoms with van der Waals surface area (Å²) in [5, 5.41) is 0. The van der Waals surface area contributed by atoms with Crippen LogP contribution in [0.15, 0.2) is 24.3 Å². The Labute approximate surface area is 127 Å². The van der Waals surface area contributed by atoms with Crippen LogP contribution in [0.3, 0.4) is 0 Å². The molecule has 1 aliphatic heterocycles. The second kappa shape index (κ2) is 6.94. The second-order valence-electron chi connectivity index (χ2n) is 6.20. The fourth-order valence-corrected chi connectivity index (χ4v) is 2.48. The van der Waals surface area contributed by atoms with E-state index in [2.05, 4.69) is 13.8 Å². The Morgan fingerprint density at radius 3 is 2.33 bits per heavy atom. The van der Waals surface area contributed by atoms with Crippen molar-refractivity contribution in [1.29, 1.82) is 0 Å². The third kappa shape index (κ3) is 4.46. The van der Waals surface area contributed by atoms with Gasteiger partial charge in [0.1, 0.15) is 5.75 Å². The van der Waals surface area contributed by atoms with Crippen molar-refractivity contribution in [1.82, 2.24) is 4.90 Å². The Kier molecular flexibility index (Phi) is 5.23. The molecule has 0 saturated carbocycles. The molecule has 0 aromatic heterocycles. The monoisotopic (exact) mass is 291 g/mol. The maximum absolute atomic E-state index is 12.5. The lowest BCUT2D eigenvalue weighted by atomic mass is 10.1. The number of rotatable bonds is 4. The predicted molar refractivity (Wildman–Crippen MR) is 82.7 cm³/mol. The molecule has 1 aromatic carbocycles. The van der Waals surface area contributed by atoms with Gasteiger partial charge in [-0.2, -0.15) is 0 Å². The standard InChI is InChI=1S/C17H25NO3/c1-12(2)11-20-16-7-5-15(6-8-16)17(19)18-9-13(3)21-14(4)10-18/h5-8,12-14H,9-11H2,1-4H3. The van der Waals surface area contributed by atoms with Gasteiger partial charge < -0.3 is 14.4 Å². The molecular weight excluding hydrogens is 266 g/mol. The van der Waals surface area contributed by atoms with Gasteiger partial charge in [0.2, 0.25) is 0 Å². The average molecular weight is 291 g/mol. The minimum atomic E-state index is 0.0624. The molecule has 2 unspecified atom stereocenters. The SMILES string of the molecule is CC(C)COc1ccc(C(=O)N2CC(C)OC(C)C2)cc1. The number of carbonyl (C=O) groups is 1. The summed E-state index contributed by atoms with van der Waals surface area (Å²) < 4.78 is 11.3. The lowest BCUT2D eigenvalue weighted by Crippen LogP contribution is -2.48. The van der Waals surface area contributed by atoms with E-state index in [0.29, 0.717) is 31.2 Å². The van der Waals surface area contributed by atoms with Gasteiger partial charge in [0, 0.05) is 18.7 Å². The van der Waals surface area contributed by atoms with E-state index in [1.807, 2.05) is 43.0 Å². The fourth-order valence-electron chi connectivity index (χ4n) is 2.48. The van der Waals surface area contributed by atoms with E-state index in [1.165, 1.54) is 0 Å². The van der Waals surface area contributed by atoms with Gasteiger partial charge in [0.15, 0.2) is 0 Å². The van der Waals surface area contributed by atoms with Gasteiger partial charge in [-0.15, -0.1) is 0 Å². The molecule has 0 aliphatic carbocycles. The van der Waals surface area contributed by atoms with Crippen molar-refractivity contribution < 1.29 is 14.3 Å². The van der Waals surface area contributed by atoms with Crippen molar-refractivity contribution in [2.45, 2.75) is 39.9 Å². The molecule has 1 aromatic rings. The normalized spacial score (nSPS) is 22.4. The highest BCUT2D eigenvalue weighted by Gasteiger charge is 2.26. The molecule has 1 fully saturated rings. The molecule has 0 radical (unpaired) electrons. The Morgan fingerprint density at radius 1 is 1.24 bits per heavy atom. The summed E-state index contributed by atoms with van der Waals surface area (Å²) in [6, 6.07) is 7.40. The number of benzene rings is 1.